The smallest absolute Gasteiger partial charge is 0.433 e. The summed E-state index contributed by atoms with van der Waals surface area (Å²) in [4.78, 5) is 27.9. The second-order valence-corrected chi connectivity index (χ2v) is 8.30. The number of halogens is 3. The molecule has 1 fully saturated rings. The van der Waals surface area contributed by atoms with Gasteiger partial charge in [-0.25, -0.2) is 14.4 Å². The van der Waals surface area contributed by atoms with E-state index < -0.39 is 23.5 Å². The van der Waals surface area contributed by atoms with Crippen molar-refractivity contribution in [1.29, 1.82) is 5.26 Å². The maximum Gasteiger partial charge on any atom is 0.433 e. The first-order valence-electron chi connectivity index (χ1n) is 10.7. The predicted octanol–water partition coefficient (Wildman–Crippen LogP) is 2.70. The van der Waals surface area contributed by atoms with Crippen LogP contribution in [-0.2, 0) is 6.18 Å². The number of hydrogen-bond acceptors (Lipinski definition) is 7. The van der Waals surface area contributed by atoms with E-state index in [2.05, 4.69) is 25.0 Å². The number of pyridine rings is 1. The maximum absolute atomic E-state index is 12.9. The van der Waals surface area contributed by atoms with Crippen LogP contribution in [0.5, 0.6) is 0 Å². The molecule has 4 aromatic rings. The number of H-pyrrole nitrogens is 1. The van der Waals surface area contributed by atoms with Crippen molar-refractivity contribution in [1.82, 2.24) is 29.7 Å². The number of rotatable bonds is 4. The van der Waals surface area contributed by atoms with E-state index in [4.69, 9.17) is 0 Å². The summed E-state index contributed by atoms with van der Waals surface area (Å²) in [6.07, 6.45) is 0.719. The first-order valence-corrected chi connectivity index (χ1v) is 10.7. The highest BCUT2D eigenvalue weighted by Crippen LogP contribution is 2.46. The van der Waals surface area contributed by atoms with Gasteiger partial charge in [0.15, 0.2) is 11.3 Å². The van der Waals surface area contributed by atoms with Crippen molar-refractivity contribution >= 4 is 11.0 Å². The van der Waals surface area contributed by atoms with E-state index in [1.165, 1.54) is 29.2 Å². The standard InChI is InChI=1S/C22H17F3N8O2/c1-11(12-3-6-16(28-10-12)22(23,24)25)33-20-17(15(9-26)31-33)21(34)30-18(29-20)13-4-5-14(13)19-27-7-2-8-32(19)35/h2-3,6-8,10-11,13-14H,4-5H2,1H3,(H,29,30,34)/t11-,13?,14?/m0/s1. The van der Waals surface area contributed by atoms with Crippen LogP contribution in [0.4, 0.5) is 13.2 Å². The molecule has 0 aromatic carbocycles. The molecule has 3 atom stereocenters. The minimum atomic E-state index is -4.58. The van der Waals surface area contributed by atoms with E-state index in [1.807, 2.05) is 6.07 Å². The van der Waals surface area contributed by atoms with Gasteiger partial charge in [0.2, 0.25) is 0 Å². The monoisotopic (exact) mass is 482 g/mol. The third-order valence-electron chi connectivity index (χ3n) is 6.31. The minimum Gasteiger partial charge on any atom is -0.711 e. The Labute approximate surface area is 195 Å². The lowest BCUT2D eigenvalue weighted by atomic mass is 9.72. The molecule has 0 aliphatic heterocycles. The van der Waals surface area contributed by atoms with Gasteiger partial charge in [-0.2, -0.15) is 23.5 Å². The van der Waals surface area contributed by atoms with Crippen molar-refractivity contribution in [3.63, 3.8) is 0 Å². The van der Waals surface area contributed by atoms with Gasteiger partial charge >= 0.3 is 12.0 Å². The summed E-state index contributed by atoms with van der Waals surface area (Å²) < 4.78 is 40.7. The van der Waals surface area contributed by atoms with Crippen LogP contribution in [0.3, 0.4) is 0 Å². The van der Waals surface area contributed by atoms with Gasteiger partial charge in [-0.15, -0.1) is 0 Å². The Hall–Kier alpha value is -4.34. The zero-order valence-electron chi connectivity index (χ0n) is 18.2. The number of nitrogens with one attached hydrogen (secondary N) is 1. The van der Waals surface area contributed by atoms with E-state index in [0.29, 0.717) is 34.8 Å². The normalized spacial score (nSPS) is 18.7. The van der Waals surface area contributed by atoms with Crippen LogP contribution in [-0.4, -0.2) is 29.7 Å². The van der Waals surface area contributed by atoms with Crippen molar-refractivity contribution in [3.05, 3.63) is 81.0 Å². The van der Waals surface area contributed by atoms with Crippen molar-refractivity contribution in [2.45, 2.75) is 43.8 Å². The van der Waals surface area contributed by atoms with Crippen LogP contribution in [0, 0.1) is 16.5 Å². The minimum absolute atomic E-state index is 0.0180. The summed E-state index contributed by atoms with van der Waals surface area (Å²) in [5.41, 5.74) is -1.24. The zero-order chi connectivity index (χ0) is 24.9. The molecule has 1 aliphatic carbocycles. The number of nitrogens with zero attached hydrogens (tertiary/aromatic N) is 7. The highest BCUT2D eigenvalue weighted by molar-refractivity contribution is 5.80. The number of nitriles is 1. The van der Waals surface area contributed by atoms with E-state index >= 15 is 0 Å². The predicted molar refractivity (Wildman–Crippen MR) is 114 cm³/mol. The molecule has 1 N–H and O–H groups in total. The Morgan fingerprint density at radius 3 is 2.66 bits per heavy atom. The summed E-state index contributed by atoms with van der Waals surface area (Å²) in [6, 6.07) is 4.85. The fourth-order valence-corrected chi connectivity index (χ4v) is 4.31. The molecule has 0 saturated heterocycles. The lowest BCUT2D eigenvalue weighted by Crippen LogP contribution is -2.39. The Bertz CT molecular complexity index is 1520. The van der Waals surface area contributed by atoms with Gasteiger partial charge in [-0.1, -0.05) is 11.1 Å². The Morgan fingerprint density at radius 1 is 1.29 bits per heavy atom. The van der Waals surface area contributed by atoms with Crippen LogP contribution >= 0.6 is 0 Å². The van der Waals surface area contributed by atoms with Gasteiger partial charge in [0.25, 0.3) is 5.56 Å². The average molecular weight is 482 g/mol. The lowest BCUT2D eigenvalue weighted by Gasteiger charge is -2.33. The van der Waals surface area contributed by atoms with Crippen molar-refractivity contribution in [2.75, 3.05) is 0 Å². The van der Waals surface area contributed by atoms with Crippen LogP contribution in [0.25, 0.3) is 11.0 Å². The van der Waals surface area contributed by atoms with E-state index in [1.54, 1.807) is 6.92 Å². The van der Waals surface area contributed by atoms with Gasteiger partial charge in [-0.05, 0) is 31.4 Å². The summed E-state index contributed by atoms with van der Waals surface area (Å²) in [6.45, 7) is 1.65. The van der Waals surface area contributed by atoms with Gasteiger partial charge in [0.1, 0.15) is 29.2 Å². The molecule has 0 bridgehead atoms. The van der Waals surface area contributed by atoms with Crippen LogP contribution in [0.1, 0.15) is 66.2 Å². The summed E-state index contributed by atoms with van der Waals surface area (Å²) in [5, 5.41) is 25.9. The second kappa shape index (κ2) is 8.15. The van der Waals surface area contributed by atoms with E-state index in [9.17, 15) is 28.4 Å². The average Bonchev–Trinajstić information content (AvgIpc) is 3.18. The van der Waals surface area contributed by atoms with E-state index in [-0.39, 0.29) is 28.6 Å². The Balaban J connectivity index is 1.58. The largest absolute Gasteiger partial charge is 0.711 e. The molecule has 4 heterocycles. The van der Waals surface area contributed by atoms with Crippen LogP contribution < -0.4 is 10.3 Å². The van der Waals surface area contributed by atoms with E-state index in [0.717, 1.165) is 12.3 Å². The van der Waals surface area contributed by atoms with Gasteiger partial charge in [0.05, 0.1) is 18.2 Å². The summed E-state index contributed by atoms with van der Waals surface area (Å²) >= 11 is 0. The van der Waals surface area contributed by atoms with Crippen molar-refractivity contribution in [3.8, 4) is 6.07 Å². The molecule has 0 radical (unpaired) electrons. The number of hydrogen-bond donors (Lipinski definition) is 1. The maximum atomic E-state index is 12.9. The molecule has 1 saturated carbocycles. The van der Waals surface area contributed by atoms with Crippen LogP contribution in [0.2, 0.25) is 0 Å². The topological polar surface area (TPSA) is 140 Å². The quantitative estimate of drug-likeness (QED) is 0.348. The van der Waals surface area contributed by atoms with Crippen molar-refractivity contribution < 1.29 is 17.9 Å². The summed E-state index contributed by atoms with van der Waals surface area (Å²) in [7, 11) is 0. The zero-order valence-corrected chi connectivity index (χ0v) is 18.2. The van der Waals surface area contributed by atoms with Crippen LogP contribution in [0.15, 0.2) is 41.6 Å². The molecule has 0 amide bonds. The molecule has 2 unspecified atom stereocenters. The first-order chi connectivity index (χ1) is 16.7. The fraction of sp³-hybridized carbons (Fsp3) is 0.318. The second-order valence-electron chi connectivity index (χ2n) is 8.30. The number of fused-ring (bicyclic) bond motifs is 1. The third-order valence-corrected chi connectivity index (χ3v) is 6.31. The molecule has 178 valence electrons. The first kappa shape index (κ1) is 22.5. The molecule has 4 aromatic heterocycles. The highest BCUT2D eigenvalue weighted by atomic mass is 19.4. The van der Waals surface area contributed by atoms with Gasteiger partial charge < -0.3 is 10.2 Å². The molecule has 5 rings (SSSR count). The molecule has 0 spiro atoms. The highest BCUT2D eigenvalue weighted by Gasteiger charge is 2.41. The molecule has 35 heavy (non-hydrogen) atoms. The molecular formula is C22H17F3N8O2. The van der Waals surface area contributed by atoms with Gasteiger partial charge in [-0.3, -0.25) is 9.78 Å². The molecular weight excluding hydrogens is 465 g/mol. The number of alkyl halides is 3. The third kappa shape index (κ3) is 3.76. The summed E-state index contributed by atoms with van der Waals surface area (Å²) in [5.74, 6) is 0.117. The molecule has 1 aliphatic rings. The Morgan fingerprint density at radius 2 is 2.06 bits per heavy atom. The fourth-order valence-electron chi connectivity index (χ4n) is 4.31. The molecule has 13 heteroatoms. The Kier molecular flexibility index (Phi) is 5.23. The number of aromatic amines is 1. The SMILES string of the molecule is C[C@@H](c1ccc(C(F)(F)F)nc1)n1nc(C#N)c2c(=O)[nH]c(C3CCC3c3nccc[n+]3[O-])nc21. The van der Waals surface area contributed by atoms with Gasteiger partial charge in [0, 0.05) is 18.2 Å². The lowest BCUT2D eigenvalue weighted by molar-refractivity contribution is -0.620. The number of aromatic nitrogens is 7. The van der Waals surface area contributed by atoms with Crippen molar-refractivity contribution in [2.24, 2.45) is 0 Å². The molecule has 10 nitrogen and oxygen atoms in total.